The summed E-state index contributed by atoms with van der Waals surface area (Å²) < 4.78 is 0. The fraction of sp³-hybridized carbons (Fsp3) is 0.769. The maximum atomic E-state index is 12.1. The van der Waals surface area contributed by atoms with Gasteiger partial charge in [0.1, 0.15) is 0 Å². The van der Waals surface area contributed by atoms with Gasteiger partial charge in [0.15, 0.2) is 0 Å². The van der Waals surface area contributed by atoms with Gasteiger partial charge in [-0.05, 0) is 44.1 Å². The number of hydrogen-bond donors (Lipinski definition) is 1. The highest BCUT2D eigenvalue weighted by molar-refractivity contribution is 5.76. The highest BCUT2D eigenvalue weighted by Crippen LogP contribution is 2.23. The lowest BCUT2D eigenvalue weighted by atomic mass is 9.97. The molecule has 90 valence electrons. The van der Waals surface area contributed by atoms with Gasteiger partial charge in [0, 0.05) is 19.5 Å². The SMILES string of the molecule is NCC1CCCN(C(=O)CC2C=CCC2)C1. The minimum Gasteiger partial charge on any atom is -0.342 e. The maximum Gasteiger partial charge on any atom is 0.223 e. The van der Waals surface area contributed by atoms with E-state index in [4.69, 9.17) is 5.73 Å². The molecule has 0 aromatic heterocycles. The van der Waals surface area contributed by atoms with E-state index in [0.29, 0.717) is 30.7 Å². The zero-order valence-electron chi connectivity index (χ0n) is 9.90. The summed E-state index contributed by atoms with van der Waals surface area (Å²) in [6.45, 7) is 2.53. The number of rotatable bonds is 3. The number of piperidine rings is 1. The Morgan fingerprint density at radius 1 is 1.44 bits per heavy atom. The minimum atomic E-state index is 0.328. The predicted octanol–water partition coefficient (Wildman–Crippen LogP) is 1.54. The van der Waals surface area contributed by atoms with Gasteiger partial charge in [-0.15, -0.1) is 0 Å². The number of likely N-dealkylation sites (tertiary alicyclic amines) is 1. The van der Waals surface area contributed by atoms with E-state index in [9.17, 15) is 4.79 Å². The van der Waals surface area contributed by atoms with Crippen molar-refractivity contribution >= 4 is 5.91 Å². The lowest BCUT2D eigenvalue weighted by Gasteiger charge is -2.32. The number of carbonyl (C=O) groups excluding carboxylic acids is 1. The molecule has 3 nitrogen and oxygen atoms in total. The summed E-state index contributed by atoms with van der Waals surface area (Å²) in [6, 6.07) is 0. The van der Waals surface area contributed by atoms with E-state index in [-0.39, 0.29) is 0 Å². The molecule has 1 fully saturated rings. The van der Waals surface area contributed by atoms with Crippen molar-refractivity contribution in [3.05, 3.63) is 12.2 Å². The van der Waals surface area contributed by atoms with Crippen LogP contribution in [0.5, 0.6) is 0 Å². The first-order valence-electron chi connectivity index (χ1n) is 6.44. The molecule has 0 saturated carbocycles. The first kappa shape index (κ1) is 11.6. The van der Waals surface area contributed by atoms with Crippen LogP contribution in [0.4, 0.5) is 0 Å². The molecule has 0 aromatic carbocycles. The van der Waals surface area contributed by atoms with Gasteiger partial charge in [-0.2, -0.15) is 0 Å². The van der Waals surface area contributed by atoms with Crippen molar-refractivity contribution in [3.63, 3.8) is 0 Å². The van der Waals surface area contributed by atoms with Gasteiger partial charge in [0.05, 0.1) is 0 Å². The molecule has 1 aliphatic heterocycles. The fourth-order valence-electron chi connectivity index (χ4n) is 2.70. The van der Waals surface area contributed by atoms with Crippen LogP contribution in [-0.4, -0.2) is 30.4 Å². The van der Waals surface area contributed by atoms with Gasteiger partial charge >= 0.3 is 0 Å². The average molecular weight is 222 g/mol. The molecule has 0 spiro atoms. The Morgan fingerprint density at radius 3 is 3.00 bits per heavy atom. The summed E-state index contributed by atoms with van der Waals surface area (Å²) in [4.78, 5) is 14.1. The molecule has 0 radical (unpaired) electrons. The second-order valence-electron chi connectivity index (χ2n) is 5.05. The van der Waals surface area contributed by atoms with Gasteiger partial charge in [-0.1, -0.05) is 12.2 Å². The first-order chi connectivity index (χ1) is 7.79. The Balaban J connectivity index is 1.81. The van der Waals surface area contributed by atoms with Crippen LogP contribution in [-0.2, 0) is 4.79 Å². The van der Waals surface area contributed by atoms with Crippen molar-refractivity contribution < 1.29 is 4.79 Å². The van der Waals surface area contributed by atoms with Crippen molar-refractivity contribution in [2.45, 2.75) is 32.1 Å². The number of nitrogens with zero attached hydrogens (tertiary/aromatic N) is 1. The lowest BCUT2D eigenvalue weighted by molar-refractivity contribution is -0.133. The number of nitrogens with two attached hydrogens (primary N) is 1. The smallest absolute Gasteiger partial charge is 0.223 e. The van der Waals surface area contributed by atoms with Crippen molar-refractivity contribution in [3.8, 4) is 0 Å². The Kier molecular flexibility index (Phi) is 3.99. The second-order valence-corrected chi connectivity index (χ2v) is 5.05. The summed E-state index contributed by atoms with van der Waals surface area (Å²) in [6.07, 6.45) is 9.69. The van der Waals surface area contributed by atoms with Crippen LogP contribution in [0.2, 0.25) is 0 Å². The van der Waals surface area contributed by atoms with Crippen LogP contribution >= 0.6 is 0 Å². The zero-order valence-corrected chi connectivity index (χ0v) is 9.90. The van der Waals surface area contributed by atoms with Gasteiger partial charge in [-0.25, -0.2) is 0 Å². The molecule has 2 atom stereocenters. The molecule has 16 heavy (non-hydrogen) atoms. The number of allylic oxidation sites excluding steroid dienone is 2. The van der Waals surface area contributed by atoms with E-state index in [0.717, 1.165) is 32.4 Å². The Bertz CT molecular complexity index is 275. The third-order valence-electron chi connectivity index (χ3n) is 3.75. The summed E-state index contributed by atoms with van der Waals surface area (Å²) in [5.74, 6) is 1.34. The summed E-state index contributed by atoms with van der Waals surface area (Å²) >= 11 is 0. The molecule has 2 unspecified atom stereocenters. The highest BCUT2D eigenvalue weighted by Gasteiger charge is 2.24. The lowest BCUT2D eigenvalue weighted by Crippen LogP contribution is -2.42. The van der Waals surface area contributed by atoms with Gasteiger partial charge in [-0.3, -0.25) is 4.79 Å². The molecular formula is C13H22N2O. The van der Waals surface area contributed by atoms with Crippen LogP contribution in [0.3, 0.4) is 0 Å². The van der Waals surface area contributed by atoms with E-state index in [1.165, 1.54) is 6.42 Å². The summed E-state index contributed by atoms with van der Waals surface area (Å²) in [7, 11) is 0. The fourth-order valence-corrected chi connectivity index (χ4v) is 2.70. The molecule has 2 N–H and O–H groups in total. The van der Waals surface area contributed by atoms with Gasteiger partial charge < -0.3 is 10.6 Å². The monoisotopic (exact) mass is 222 g/mol. The predicted molar refractivity (Wildman–Crippen MR) is 64.8 cm³/mol. The first-order valence-corrected chi connectivity index (χ1v) is 6.44. The molecule has 3 heteroatoms. The molecular weight excluding hydrogens is 200 g/mol. The van der Waals surface area contributed by atoms with Crippen LogP contribution in [0.15, 0.2) is 12.2 Å². The van der Waals surface area contributed by atoms with Crippen molar-refractivity contribution in [2.24, 2.45) is 17.6 Å². The van der Waals surface area contributed by atoms with E-state index in [1.807, 2.05) is 4.90 Å². The van der Waals surface area contributed by atoms with E-state index in [1.54, 1.807) is 0 Å². The largest absolute Gasteiger partial charge is 0.342 e. The topological polar surface area (TPSA) is 46.3 Å². The maximum absolute atomic E-state index is 12.1. The molecule has 2 aliphatic rings. The van der Waals surface area contributed by atoms with Crippen molar-refractivity contribution in [2.75, 3.05) is 19.6 Å². The molecule has 2 rings (SSSR count). The summed E-state index contributed by atoms with van der Waals surface area (Å²) in [5.41, 5.74) is 5.68. The standard InChI is InChI=1S/C13H22N2O/c14-9-12-6-3-7-15(10-12)13(16)8-11-4-1-2-5-11/h1,4,11-12H,2-3,5-10,14H2. The van der Waals surface area contributed by atoms with Gasteiger partial charge in [0.2, 0.25) is 5.91 Å². The minimum absolute atomic E-state index is 0.328. The summed E-state index contributed by atoms with van der Waals surface area (Å²) in [5, 5.41) is 0. The van der Waals surface area contributed by atoms with Crippen LogP contribution in [0.25, 0.3) is 0 Å². The van der Waals surface area contributed by atoms with Gasteiger partial charge in [0.25, 0.3) is 0 Å². The van der Waals surface area contributed by atoms with E-state index in [2.05, 4.69) is 12.2 Å². The molecule has 0 bridgehead atoms. The average Bonchev–Trinajstić information content (AvgIpc) is 2.82. The molecule has 1 aliphatic carbocycles. The van der Waals surface area contributed by atoms with E-state index < -0.39 is 0 Å². The van der Waals surface area contributed by atoms with Crippen LogP contribution < -0.4 is 5.73 Å². The normalized spacial score (nSPS) is 29.7. The Labute approximate surface area is 97.7 Å². The van der Waals surface area contributed by atoms with Crippen LogP contribution in [0, 0.1) is 11.8 Å². The van der Waals surface area contributed by atoms with Crippen LogP contribution in [0.1, 0.15) is 32.1 Å². The van der Waals surface area contributed by atoms with Crippen molar-refractivity contribution in [1.29, 1.82) is 0 Å². The number of carbonyl (C=O) groups is 1. The van der Waals surface area contributed by atoms with E-state index >= 15 is 0 Å². The number of hydrogen-bond acceptors (Lipinski definition) is 2. The highest BCUT2D eigenvalue weighted by atomic mass is 16.2. The molecule has 1 amide bonds. The quantitative estimate of drug-likeness (QED) is 0.736. The third kappa shape index (κ3) is 2.85. The Hall–Kier alpha value is -0.830. The second kappa shape index (κ2) is 5.48. The molecule has 1 heterocycles. The molecule has 1 saturated heterocycles. The van der Waals surface area contributed by atoms with Crippen molar-refractivity contribution in [1.82, 2.24) is 4.90 Å². The zero-order chi connectivity index (χ0) is 11.4. The molecule has 0 aromatic rings. The third-order valence-corrected chi connectivity index (χ3v) is 3.75. The Morgan fingerprint density at radius 2 is 2.31 bits per heavy atom. The number of amides is 1.